The maximum atomic E-state index is 12.1. The van der Waals surface area contributed by atoms with Gasteiger partial charge in [0.05, 0.1) is 24.4 Å². The molecule has 0 N–H and O–H groups in total. The smallest absolute Gasteiger partial charge is 0.302 e. The number of carbonyl (C=O) groups is 2. The Morgan fingerprint density at radius 1 is 1.19 bits per heavy atom. The summed E-state index contributed by atoms with van der Waals surface area (Å²) in [7, 11) is 0. The van der Waals surface area contributed by atoms with Crippen molar-refractivity contribution < 1.29 is 33.3 Å². The fraction of sp³-hybridized carbons (Fsp3) is 0.833. The lowest BCUT2D eigenvalue weighted by atomic mass is 9.42. The number of rotatable bonds is 4. The number of hydrogen-bond donors (Lipinski definition) is 0. The number of esters is 2. The van der Waals surface area contributed by atoms with Crippen molar-refractivity contribution in [2.45, 2.75) is 83.9 Å². The molecule has 2 saturated carbocycles. The van der Waals surface area contributed by atoms with Gasteiger partial charge in [0.25, 0.3) is 0 Å². The third-order valence-electron chi connectivity index (χ3n) is 9.18. The Morgan fingerprint density at radius 3 is 2.61 bits per heavy atom. The van der Waals surface area contributed by atoms with Gasteiger partial charge in [0.1, 0.15) is 18.3 Å². The molecule has 2 aliphatic carbocycles. The Morgan fingerprint density at radius 2 is 1.97 bits per heavy atom. The minimum absolute atomic E-state index is 0.0244. The van der Waals surface area contributed by atoms with Crippen molar-refractivity contribution in [2.24, 2.45) is 28.6 Å². The van der Waals surface area contributed by atoms with Gasteiger partial charge in [0.2, 0.25) is 6.29 Å². The predicted molar refractivity (Wildman–Crippen MR) is 110 cm³/mol. The molecule has 2 saturated heterocycles. The van der Waals surface area contributed by atoms with E-state index in [9.17, 15) is 9.59 Å². The molecule has 7 nitrogen and oxygen atoms in total. The molecular weight excluding hydrogens is 400 g/mol. The summed E-state index contributed by atoms with van der Waals surface area (Å²) in [4.78, 5) is 24.0. The van der Waals surface area contributed by atoms with Gasteiger partial charge in [0, 0.05) is 25.2 Å². The quantitative estimate of drug-likeness (QED) is 0.496. The Kier molecular flexibility index (Phi) is 4.94. The number of fused-ring (bicyclic) bond motifs is 3. The average molecular weight is 435 g/mol. The SMILES string of the molecule is CC(=O)OC[C@@]12[C@@H](OC(C)=O)C[C@@H](C)[C@](C)([C@@H]3C[C@H]4C=CO[C@H]4O3)[C@H]1CCCC21CO1. The Balaban J connectivity index is 1.58. The molecule has 31 heavy (non-hydrogen) atoms. The molecule has 3 aliphatic heterocycles. The summed E-state index contributed by atoms with van der Waals surface area (Å²) in [6.07, 6.45) is 7.82. The highest BCUT2D eigenvalue weighted by molar-refractivity contribution is 5.67. The molecule has 9 atom stereocenters. The number of hydrogen-bond acceptors (Lipinski definition) is 7. The first-order valence-corrected chi connectivity index (χ1v) is 11.6. The van der Waals surface area contributed by atoms with Crippen LogP contribution >= 0.6 is 0 Å². The zero-order chi connectivity index (χ0) is 22.0. The van der Waals surface area contributed by atoms with Crippen LogP contribution in [0.3, 0.4) is 0 Å². The molecule has 0 aromatic carbocycles. The lowest BCUT2D eigenvalue weighted by Gasteiger charge is -2.64. The molecule has 5 aliphatic rings. The van der Waals surface area contributed by atoms with Crippen LogP contribution in [0.4, 0.5) is 0 Å². The van der Waals surface area contributed by atoms with E-state index in [1.54, 1.807) is 6.26 Å². The first-order chi connectivity index (χ1) is 14.7. The summed E-state index contributed by atoms with van der Waals surface area (Å²) in [6.45, 7) is 8.30. The van der Waals surface area contributed by atoms with Gasteiger partial charge < -0.3 is 23.7 Å². The van der Waals surface area contributed by atoms with Crippen LogP contribution in [0, 0.1) is 28.6 Å². The van der Waals surface area contributed by atoms with Crippen molar-refractivity contribution >= 4 is 11.9 Å². The first kappa shape index (κ1) is 21.3. The molecule has 3 heterocycles. The molecule has 4 fully saturated rings. The van der Waals surface area contributed by atoms with Gasteiger partial charge >= 0.3 is 11.9 Å². The van der Waals surface area contributed by atoms with Crippen LogP contribution in [0.15, 0.2) is 12.3 Å². The van der Waals surface area contributed by atoms with E-state index in [0.29, 0.717) is 13.0 Å². The van der Waals surface area contributed by atoms with Crippen molar-refractivity contribution in [3.8, 4) is 0 Å². The van der Waals surface area contributed by atoms with E-state index < -0.39 is 11.0 Å². The van der Waals surface area contributed by atoms with Crippen LogP contribution in [0.5, 0.6) is 0 Å². The number of carbonyl (C=O) groups excluding carboxylic acids is 2. The van der Waals surface area contributed by atoms with E-state index in [0.717, 1.165) is 25.7 Å². The average Bonchev–Trinajstić information content (AvgIpc) is 3.15. The molecule has 0 aromatic heterocycles. The summed E-state index contributed by atoms with van der Waals surface area (Å²) in [5.74, 6) is 0.0539. The molecule has 5 rings (SSSR count). The minimum atomic E-state index is -0.568. The van der Waals surface area contributed by atoms with Crippen molar-refractivity contribution in [1.82, 2.24) is 0 Å². The third kappa shape index (κ3) is 2.99. The van der Waals surface area contributed by atoms with Crippen LogP contribution in [0.2, 0.25) is 0 Å². The van der Waals surface area contributed by atoms with E-state index in [1.807, 2.05) is 0 Å². The van der Waals surface area contributed by atoms with E-state index in [4.69, 9.17) is 23.7 Å². The Labute approximate surface area is 183 Å². The molecule has 7 heteroatoms. The lowest BCUT2D eigenvalue weighted by molar-refractivity contribution is -0.253. The van der Waals surface area contributed by atoms with E-state index in [1.165, 1.54) is 13.8 Å². The summed E-state index contributed by atoms with van der Waals surface area (Å²) in [6, 6.07) is 0. The van der Waals surface area contributed by atoms with Gasteiger partial charge in [-0.1, -0.05) is 20.3 Å². The van der Waals surface area contributed by atoms with Crippen LogP contribution in [-0.4, -0.2) is 49.3 Å². The highest BCUT2D eigenvalue weighted by atomic mass is 16.7. The maximum Gasteiger partial charge on any atom is 0.302 e. The van der Waals surface area contributed by atoms with Gasteiger partial charge in [-0.05, 0) is 43.6 Å². The summed E-state index contributed by atoms with van der Waals surface area (Å²) in [5, 5.41) is 0. The molecule has 0 radical (unpaired) electrons. The van der Waals surface area contributed by atoms with E-state index in [-0.39, 0.29) is 60.2 Å². The second kappa shape index (κ2) is 7.20. The van der Waals surface area contributed by atoms with E-state index in [2.05, 4.69) is 19.9 Å². The predicted octanol–water partition coefficient (Wildman–Crippen LogP) is 3.36. The van der Waals surface area contributed by atoms with Gasteiger partial charge in [-0.2, -0.15) is 0 Å². The minimum Gasteiger partial charge on any atom is -0.472 e. The molecular formula is C24H34O7. The second-order valence-corrected chi connectivity index (χ2v) is 10.5. The highest BCUT2D eigenvalue weighted by Gasteiger charge is 2.76. The normalized spacial score (nSPS) is 49.8. The van der Waals surface area contributed by atoms with Gasteiger partial charge in [-0.25, -0.2) is 0 Å². The molecule has 172 valence electrons. The zero-order valence-corrected chi connectivity index (χ0v) is 18.9. The highest BCUT2D eigenvalue weighted by Crippen LogP contribution is 2.70. The van der Waals surface area contributed by atoms with E-state index >= 15 is 0 Å². The molecule has 0 aromatic rings. The molecule has 1 spiro atoms. The fourth-order valence-electron chi connectivity index (χ4n) is 7.46. The Hall–Kier alpha value is -1.60. The van der Waals surface area contributed by atoms with Crippen molar-refractivity contribution in [3.05, 3.63) is 12.3 Å². The van der Waals surface area contributed by atoms with Crippen molar-refractivity contribution in [3.63, 3.8) is 0 Å². The largest absolute Gasteiger partial charge is 0.472 e. The second-order valence-electron chi connectivity index (χ2n) is 10.5. The lowest BCUT2D eigenvalue weighted by Crippen LogP contribution is -2.69. The molecule has 0 bridgehead atoms. The zero-order valence-electron chi connectivity index (χ0n) is 18.9. The summed E-state index contributed by atoms with van der Waals surface area (Å²) in [5.41, 5.74) is -1.16. The van der Waals surface area contributed by atoms with Crippen LogP contribution in [-0.2, 0) is 33.3 Å². The number of epoxide rings is 1. The molecule has 1 unspecified atom stereocenters. The number of ether oxygens (including phenoxy) is 5. The summed E-state index contributed by atoms with van der Waals surface area (Å²) >= 11 is 0. The van der Waals surface area contributed by atoms with Crippen molar-refractivity contribution in [2.75, 3.05) is 13.2 Å². The Bertz CT molecular complexity index is 789. The standard InChI is InChI=1S/C24H34O7/c1-14-10-20(30-16(3)26)24(13-28-15(2)25)18(6-5-8-23(24)12-29-23)22(14,4)19-11-17-7-9-27-21(17)31-19/h7,9,14,17-21H,5-6,8,10-13H2,1-4H3/t14-,17-,18-,19+,20+,21+,22+,23?,24+/m1/s1. The third-order valence-corrected chi connectivity index (χ3v) is 9.18. The molecule has 0 amide bonds. The van der Waals surface area contributed by atoms with Gasteiger partial charge in [-0.15, -0.1) is 0 Å². The fourth-order valence-corrected chi connectivity index (χ4v) is 7.46. The summed E-state index contributed by atoms with van der Waals surface area (Å²) < 4.78 is 30.0. The van der Waals surface area contributed by atoms with Crippen LogP contribution in [0.1, 0.15) is 59.8 Å². The monoisotopic (exact) mass is 434 g/mol. The van der Waals surface area contributed by atoms with Crippen molar-refractivity contribution in [1.29, 1.82) is 0 Å². The van der Waals surface area contributed by atoms with Crippen LogP contribution in [0.25, 0.3) is 0 Å². The maximum absolute atomic E-state index is 12.1. The first-order valence-electron chi connectivity index (χ1n) is 11.6. The van der Waals surface area contributed by atoms with Gasteiger partial charge in [-0.3, -0.25) is 9.59 Å². The van der Waals surface area contributed by atoms with Crippen LogP contribution < -0.4 is 0 Å². The topological polar surface area (TPSA) is 83.6 Å². The van der Waals surface area contributed by atoms with Gasteiger partial charge in [0.15, 0.2) is 0 Å².